The zero-order valence-electron chi connectivity index (χ0n) is 22.1. The predicted molar refractivity (Wildman–Crippen MR) is 151 cm³/mol. The maximum Gasteiger partial charge on any atom is 0.341 e. The number of ether oxygens (including phenoxy) is 3. The highest BCUT2D eigenvalue weighted by molar-refractivity contribution is 6.30. The number of nitrogens with zero attached hydrogens (tertiary/aromatic N) is 1. The van der Waals surface area contributed by atoms with Crippen molar-refractivity contribution in [2.24, 2.45) is 5.16 Å². The maximum absolute atomic E-state index is 12.2. The summed E-state index contributed by atoms with van der Waals surface area (Å²) in [5, 5.41) is 4.89. The molecule has 0 saturated carbocycles. The van der Waals surface area contributed by atoms with Gasteiger partial charge in [0, 0.05) is 10.6 Å². The molecule has 0 heterocycles. The number of allylic oxidation sites excluding steroid dienone is 1. The number of oxime groups is 1. The first-order valence-corrected chi connectivity index (χ1v) is 12.5. The lowest BCUT2D eigenvalue weighted by Gasteiger charge is -2.15. The molecule has 9 heteroatoms. The number of nitrogens with one attached hydrogen (secondary N) is 1. The topological polar surface area (TPSA) is 87.6 Å². The van der Waals surface area contributed by atoms with Gasteiger partial charge in [0.2, 0.25) is 0 Å². The number of halogens is 1. The fourth-order valence-electron chi connectivity index (χ4n) is 3.48. The molecule has 0 unspecified atom stereocenters. The molecular weight excluding hydrogens is 520 g/mol. The summed E-state index contributed by atoms with van der Waals surface area (Å²) in [6.07, 6.45) is 1.34. The van der Waals surface area contributed by atoms with E-state index >= 15 is 0 Å². The first-order valence-electron chi connectivity index (χ1n) is 12.1. The van der Waals surface area contributed by atoms with Crippen LogP contribution in [0, 0.1) is 0 Å². The molecule has 39 heavy (non-hydrogen) atoms. The summed E-state index contributed by atoms with van der Waals surface area (Å²) in [6, 6.07) is 22.2. The number of methoxy groups -OCH3 is 2. The van der Waals surface area contributed by atoms with Crippen molar-refractivity contribution in [3.8, 4) is 5.75 Å². The van der Waals surface area contributed by atoms with E-state index < -0.39 is 5.97 Å². The average molecular weight is 551 g/mol. The molecule has 0 radical (unpaired) electrons. The molecule has 0 fully saturated rings. The molecule has 0 aliphatic rings. The Morgan fingerprint density at radius 1 is 1.00 bits per heavy atom. The first-order chi connectivity index (χ1) is 19.0. The zero-order chi connectivity index (χ0) is 28.0. The average Bonchev–Trinajstić information content (AvgIpc) is 2.96. The molecule has 204 valence electrons. The minimum atomic E-state index is -0.520. The van der Waals surface area contributed by atoms with Gasteiger partial charge in [-0.2, -0.15) is 0 Å². The van der Waals surface area contributed by atoms with Gasteiger partial charge in [0.05, 0.1) is 26.2 Å². The van der Waals surface area contributed by atoms with Crippen LogP contribution in [0.15, 0.2) is 96.5 Å². The summed E-state index contributed by atoms with van der Waals surface area (Å²) in [7, 11) is 2.78. The molecule has 0 bridgehead atoms. The van der Waals surface area contributed by atoms with E-state index in [0.717, 1.165) is 16.7 Å². The van der Waals surface area contributed by atoms with Crippen LogP contribution in [0.3, 0.4) is 0 Å². The second-order valence-electron chi connectivity index (χ2n) is 8.08. The molecule has 1 N–H and O–H groups in total. The molecule has 0 atom stereocenters. The Morgan fingerprint density at radius 3 is 2.38 bits per heavy atom. The molecule has 8 nitrogen and oxygen atoms in total. The van der Waals surface area contributed by atoms with Crippen molar-refractivity contribution in [3.63, 3.8) is 0 Å². The molecule has 0 aliphatic heterocycles. The minimum absolute atomic E-state index is 0.118. The number of hydrogen-bond acceptors (Lipinski definition) is 8. The Bertz CT molecular complexity index is 1300. The summed E-state index contributed by atoms with van der Waals surface area (Å²) in [5.74, 6) is 0.176. The van der Waals surface area contributed by atoms with E-state index in [-0.39, 0.29) is 12.2 Å². The fourth-order valence-corrected chi connectivity index (χ4v) is 3.60. The standard InChI is InChI=1S/C30H31ClN2O6/c1-5-38-33-29(23-12-16-26(17-13-23)37-18-22-10-14-25(31)15-11-22)21(2)32-39-19-24-8-6-7-9-27(24)28(20-35-3)30(34)36-4/h6-17,20,32H,2,5,18-19H2,1,3-4H3. The van der Waals surface area contributed by atoms with Gasteiger partial charge in [-0.3, -0.25) is 10.3 Å². The smallest absolute Gasteiger partial charge is 0.341 e. The van der Waals surface area contributed by atoms with Gasteiger partial charge in [0.1, 0.15) is 36.9 Å². The van der Waals surface area contributed by atoms with E-state index in [0.29, 0.717) is 41.0 Å². The van der Waals surface area contributed by atoms with Gasteiger partial charge in [0.15, 0.2) is 0 Å². The van der Waals surface area contributed by atoms with Crippen LogP contribution in [0.4, 0.5) is 0 Å². The third-order valence-electron chi connectivity index (χ3n) is 5.39. The van der Waals surface area contributed by atoms with Crippen molar-refractivity contribution in [2.45, 2.75) is 20.1 Å². The van der Waals surface area contributed by atoms with Crippen LogP contribution in [0.5, 0.6) is 5.75 Å². The van der Waals surface area contributed by atoms with Crippen molar-refractivity contribution >= 4 is 28.9 Å². The molecule has 3 aromatic rings. The van der Waals surface area contributed by atoms with Crippen LogP contribution in [-0.4, -0.2) is 32.5 Å². The van der Waals surface area contributed by atoms with E-state index in [1.807, 2.05) is 73.7 Å². The van der Waals surface area contributed by atoms with E-state index in [4.69, 9.17) is 35.5 Å². The number of carbonyl (C=O) groups is 1. The number of carbonyl (C=O) groups excluding carboxylic acids is 1. The quantitative estimate of drug-likeness (QED) is 0.0858. The number of benzene rings is 3. The summed E-state index contributed by atoms with van der Waals surface area (Å²) < 4.78 is 15.8. The highest BCUT2D eigenvalue weighted by Gasteiger charge is 2.17. The summed E-state index contributed by atoms with van der Waals surface area (Å²) in [4.78, 5) is 23.3. The van der Waals surface area contributed by atoms with E-state index in [1.54, 1.807) is 6.07 Å². The van der Waals surface area contributed by atoms with Crippen LogP contribution < -0.4 is 10.2 Å². The molecule has 0 amide bonds. The maximum atomic E-state index is 12.2. The van der Waals surface area contributed by atoms with Gasteiger partial charge in [-0.1, -0.05) is 59.7 Å². The van der Waals surface area contributed by atoms with Crippen molar-refractivity contribution in [1.29, 1.82) is 0 Å². The Hall–Kier alpha value is -4.27. The van der Waals surface area contributed by atoms with Crippen LogP contribution in [0.2, 0.25) is 5.02 Å². The van der Waals surface area contributed by atoms with Crippen molar-refractivity contribution in [2.75, 3.05) is 20.8 Å². The SMILES string of the molecule is C=C(NOCc1ccccc1C(=COC)C(=O)OC)C(=NOCC)c1ccc(OCc2ccc(Cl)cc2)cc1. The number of esters is 1. The Morgan fingerprint density at radius 2 is 1.72 bits per heavy atom. The van der Waals surface area contributed by atoms with Gasteiger partial charge in [-0.15, -0.1) is 0 Å². The van der Waals surface area contributed by atoms with E-state index in [2.05, 4.69) is 17.2 Å². The Kier molecular flexibility index (Phi) is 11.4. The van der Waals surface area contributed by atoms with Crippen molar-refractivity contribution < 1.29 is 28.7 Å². The van der Waals surface area contributed by atoms with Gasteiger partial charge in [-0.05, 0) is 60.0 Å². The molecule has 0 aliphatic carbocycles. The Balaban J connectivity index is 1.66. The highest BCUT2D eigenvalue weighted by atomic mass is 35.5. The Labute approximate surface area is 233 Å². The summed E-state index contributed by atoms with van der Waals surface area (Å²) in [5.41, 5.74) is 7.07. The molecule has 0 spiro atoms. The third kappa shape index (κ3) is 8.63. The number of hydrogen-bond donors (Lipinski definition) is 1. The van der Waals surface area contributed by atoms with Gasteiger partial charge >= 0.3 is 5.97 Å². The molecule has 3 aromatic carbocycles. The summed E-state index contributed by atoms with van der Waals surface area (Å²) >= 11 is 5.94. The minimum Gasteiger partial charge on any atom is -0.503 e. The third-order valence-corrected chi connectivity index (χ3v) is 5.64. The van der Waals surface area contributed by atoms with Crippen LogP contribution in [-0.2, 0) is 37.2 Å². The van der Waals surface area contributed by atoms with Gasteiger partial charge < -0.3 is 19.0 Å². The number of rotatable bonds is 14. The normalized spacial score (nSPS) is 11.5. The fraction of sp³-hybridized carbons (Fsp3) is 0.200. The molecule has 0 aromatic heterocycles. The van der Waals surface area contributed by atoms with Crippen molar-refractivity contribution in [3.05, 3.63) is 119 Å². The second-order valence-corrected chi connectivity index (χ2v) is 8.52. The van der Waals surface area contributed by atoms with Crippen LogP contribution in [0.25, 0.3) is 5.57 Å². The van der Waals surface area contributed by atoms with Crippen LogP contribution >= 0.6 is 11.6 Å². The predicted octanol–water partition coefficient (Wildman–Crippen LogP) is 6.06. The summed E-state index contributed by atoms with van der Waals surface area (Å²) in [6.45, 7) is 6.81. The van der Waals surface area contributed by atoms with E-state index in [1.165, 1.54) is 20.5 Å². The van der Waals surface area contributed by atoms with Gasteiger partial charge in [-0.25, -0.2) is 4.79 Å². The van der Waals surface area contributed by atoms with Crippen LogP contribution in [0.1, 0.15) is 29.2 Å². The zero-order valence-corrected chi connectivity index (χ0v) is 22.9. The number of hydroxylamine groups is 1. The lowest BCUT2D eigenvalue weighted by Crippen LogP contribution is -2.21. The van der Waals surface area contributed by atoms with Gasteiger partial charge in [0.25, 0.3) is 0 Å². The highest BCUT2D eigenvalue weighted by Crippen LogP contribution is 2.22. The second kappa shape index (κ2) is 15.2. The lowest BCUT2D eigenvalue weighted by atomic mass is 10.0. The molecular formula is C30H31ClN2O6. The monoisotopic (exact) mass is 550 g/mol. The van der Waals surface area contributed by atoms with Crippen molar-refractivity contribution in [1.82, 2.24) is 5.48 Å². The first kappa shape index (κ1) is 29.3. The largest absolute Gasteiger partial charge is 0.503 e. The molecule has 0 saturated heterocycles. The van der Waals surface area contributed by atoms with E-state index in [9.17, 15) is 4.79 Å². The lowest BCUT2D eigenvalue weighted by molar-refractivity contribution is -0.133. The molecule has 3 rings (SSSR count).